The summed E-state index contributed by atoms with van der Waals surface area (Å²) < 4.78 is 39.7. The molecule has 5 rings (SSSR count). The van der Waals surface area contributed by atoms with E-state index in [1.807, 2.05) is 42.5 Å². The molecule has 1 fully saturated rings. The largest absolute Gasteiger partial charge is 0.399 e. The summed E-state index contributed by atoms with van der Waals surface area (Å²) in [7, 11) is -4.10. The smallest absolute Gasteiger partial charge is 0.351 e. The van der Waals surface area contributed by atoms with Gasteiger partial charge in [0, 0.05) is 35.2 Å². The number of benzene rings is 2. The maximum absolute atomic E-state index is 14.2. The third-order valence-electron chi connectivity index (χ3n) is 7.64. The standard InChI is InChI=1S/C28H29F2N4O6P/c1-33(19-7-3-2-4-8-19)27(37)24-14-12-20-9-5-6-10-22(26(36)34(20)24)32-25(35)23-16-17-15-18(11-13-21(17)31-23)28(29,30)41(38,39)40/h2-8,11,13,15-16,20,22,24,31H,9-10,12,14H2,1H3,(H,32,35)(H2,38,39,40)/t20-,22-,24-/m0/s1. The summed E-state index contributed by atoms with van der Waals surface area (Å²) in [5.41, 5.74) is -4.32. The number of hydrogen-bond donors (Lipinski definition) is 4. The summed E-state index contributed by atoms with van der Waals surface area (Å²) in [6, 6.07) is 11.5. The fourth-order valence-corrected chi connectivity index (χ4v) is 5.90. The van der Waals surface area contributed by atoms with Crippen molar-refractivity contribution in [2.24, 2.45) is 0 Å². The van der Waals surface area contributed by atoms with Crippen LogP contribution < -0.4 is 10.2 Å². The number of halogens is 2. The van der Waals surface area contributed by atoms with Gasteiger partial charge >= 0.3 is 13.3 Å². The molecule has 2 aliphatic rings. The van der Waals surface area contributed by atoms with E-state index in [0.717, 1.165) is 12.1 Å². The summed E-state index contributed by atoms with van der Waals surface area (Å²) in [6.07, 6.45) is 5.66. The van der Waals surface area contributed by atoms with Crippen LogP contribution in [0.3, 0.4) is 0 Å². The second kappa shape index (κ2) is 10.8. The minimum atomic E-state index is -5.76. The molecule has 216 valence electrons. The van der Waals surface area contributed by atoms with E-state index in [1.54, 1.807) is 11.9 Å². The lowest BCUT2D eigenvalue weighted by atomic mass is 10.0. The molecule has 0 radical (unpaired) electrons. The first-order chi connectivity index (χ1) is 19.4. The van der Waals surface area contributed by atoms with E-state index < -0.39 is 36.8 Å². The van der Waals surface area contributed by atoms with Crippen LogP contribution in [0.5, 0.6) is 0 Å². The summed E-state index contributed by atoms with van der Waals surface area (Å²) in [6.45, 7) is 0. The lowest BCUT2D eigenvalue weighted by Crippen LogP contribution is -2.56. The second-order valence-electron chi connectivity index (χ2n) is 10.3. The Morgan fingerprint density at radius 1 is 1.07 bits per heavy atom. The Morgan fingerprint density at radius 3 is 2.49 bits per heavy atom. The SMILES string of the molecule is CN(C(=O)[C@@H]1CC[C@@H]2CC=CC[C@H](NC(=O)c3cc4cc(C(F)(F)P(=O)(O)O)ccc4[nH]3)C(=O)N21)c1ccccc1. The molecular weight excluding hydrogens is 557 g/mol. The fourth-order valence-electron chi connectivity index (χ4n) is 5.43. The van der Waals surface area contributed by atoms with Crippen LogP contribution in [0, 0.1) is 0 Å². The lowest BCUT2D eigenvalue weighted by Gasteiger charge is -2.35. The Morgan fingerprint density at radius 2 is 1.78 bits per heavy atom. The number of rotatable bonds is 6. The van der Waals surface area contributed by atoms with Crippen molar-refractivity contribution in [3.05, 3.63) is 78.0 Å². The Bertz CT molecular complexity index is 1570. The third kappa shape index (κ3) is 5.42. The van der Waals surface area contributed by atoms with Gasteiger partial charge in [0.15, 0.2) is 0 Å². The molecule has 3 heterocycles. The molecule has 2 aliphatic heterocycles. The van der Waals surface area contributed by atoms with Crippen molar-refractivity contribution >= 4 is 41.9 Å². The fraction of sp³-hybridized carbons (Fsp3) is 0.321. The van der Waals surface area contributed by atoms with E-state index >= 15 is 0 Å². The zero-order valence-corrected chi connectivity index (χ0v) is 22.9. The molecule has 1 saturated heterocycles. The molecule has 41 heavy (non-hydrogen) atoms. The van der Waals surface area contributed by atoms with Gasteiger partial charge in [-0.1, -0.05) is 36.4 Å². The van der Waals surface area contributed by atoms with Crippen molar-refractivity contribution in [3.8, 4) is 0 Å². The van der Waals surface area contributed by atoms with Crippen molar-refractivity contribution in [1.82, 2.24) is 15.2 Å². The molecule has 0 unspecified atom stereocenters. The van der Waals surface area contributed by atoms with Crippen LogP contribution in [0.25, 0.3) is 10.9 Å². The van der Waals surface area contributed by atoms with E-state index in [9.17, 15) is 27.7 Å². The number of nitrogens with zero attached hydrogens (tertiary/aromatic N) is 2. The maximum atomic E-state index is 14.2. The Labute approximate surface area is 234 Å². The Kier molecular flexibility index (Phi) is 7.58. The average molecular weight is 587 g/mol. The van der Waals surface area contributed by atoms with E-state index in [1.165, 1.54) is 17.0 Å². The van der Waals surface area contributed by atoms with Crippen LogP contribution >= 0.6 is 7.60 Å². The molecular formula is C28H29F2N4O6P. The van der Waals surface area contributed by atoms with Crippen LogP contribution in [0.1, 0.15) is 41.7 Å². The summed E-state index contributed by atoms with van der Waals surface area (Å²) >= 11 is 0. The Hall–Kier alpha value is -3.86. The van der Waals surface area contributed by atoms with Crippen LogP contribution in [-0.4, -0.2) is 62.6 Å². The summed E-state index contributed by atoms with van der Waals surface area (Å²) in [5.74, 6) is -1.28. The van der Waals surface area contributed by atoms with Gasteiger partial charge in [-0.3, -0.25) is 18.9 Å². The van der Waals surface area contributed by atoms with E-state index in [2.05, 4.69) is 10.3 Å². The summed E-state index contributed by atoms with van der Waals surface area (Å²) in [5, 5.41) is 2.84. The van der Waals surface area contributed by atoms with Gasteiger partial charge < -0.3 is 29.9 Å². The number of nitrogens with one attached hydrogen (secondary N) is 2. The molecule has 0 spiro atoms. The molecule has 0 saturated carbocycles. The monoisotopic (exact) mass is 586 g/mol. The number of aromatic nitrogens is 1. The molecule has 2 aromatic carbocycles. The molecule has 1 aromatic heterocycles. The number of aromatic amines is 1. The lowest BCUT2D eigenvalue weighted by molar-refractivity contribution is -0.141. The number of H-pyrrole nitrogens is 1. The highest BCUT2D eigenvalue weighted by molar-refractivity contribution is 7.52. The predicted molar refractivity (Wildman–Crippen MR) is 147 cm³/mol. The van der Waals surface area contributed by atoms with E-state index in [0.29, 0.717) is 30.5 Å². The zero-order valence-electron chi connectivity index (χ0n) is 22.0. The maximum Gasteiger partial charge on any atom is 0.399 e. The van der Waals surface area contributed by atoms with Gasteiger partial charge in [0.2, 0.25) is 11.8 Å². The van der Waals surface area contributed by atoms with Crippen molar-refractivity contribution in [3.63, 3.8) is 0 Å². The predicted octanol–water partition coefficient (Wildman–Crippen LogP) is 3.87. The number of amides is 3. The number of alkyl halides is 2. The van der Waals surface area contributed by atoms with Crippen molar-refractivity contribution in [1.29, 1.82) is 0 Å². The van der Waals surface area contributed by atoms with Gasteiger partial charge in [0.25, 0.3) is 5.91 Å². The van der Waals surface area contributed by atoms with Gasteiger partial charge in [0.05, 0.1) is 0 Å². The molecule has 3 amide bonds. The van der Waals surface area contributed by atoms with Crippen molar-refractivity contribution in [2.75, 3.05) is 11.9 Å². The van der Waals surface area contributed by atoms with E-state index in [-0.39, 0.29) is 35.4 Å². The quantitative estimate of drug-likeness (QED) is 0.255. The minimum Gasteiger partial charge on any atom is -0.351 e. The highest BCUT2D eigenvalue weighted by Gasteiger charge is 2.50. The number of carbonyl (C=O) groups is 3. The molecule has 0 aliphatic carbocycles. The highest BCUT2D eigenvalue weighted by atomic mass is 31.2. The minimum absolute atomic E-state index is 0.0232. The van der Waals surface area contributed by atoms with E-state index in [4.69, 9.17) is 9.79 Å². The second-order valence-corrected chi connectivity index (χ2v) is 11.9. The normalized spacial score (nSPS) is 21.3. The first kappa shape index (κ1) is 28.7. The first-order valence-corrected chi connectivity index (χ1v) is 14.7. The third-order valence-corrected chi connectivity index (χ3v) is 8.63. The highest BCUT2D eigenvalue weighted by Crippen LogP contribution is 2.59. The van der Waals surface area contributed by atoms with Crippen LogP contribution in [-0.2, 0) is 19.8 Å². The van der Waals surface area contributed by atoms with Gasteiger partial charge in [-0.2, -0.15) is 8.78 Å². The van der Waals surface area contributed by atoms with Crippen LogP contribution in [0.4, 0.5) is 14.5 Å². The van der Waals surface area contributed by atoms with Crippen molar-refractivity contribution in [2.45, 2.75) is 49.5 Å². The average Bonchev–Trinajstić information content (AvgIpc) is 3.56. The molecule has 10 nitrogen and oxygen atoms in total. The first-order valence-electron chi connectivity index (χ1n) is 13.1. The number of fused-ring (bicyclic) bond motifs is 2. The van der Waals surface area contributed by atoms with Crippen LogP contribution in [0.15, 0.2) is 66.7 Å². The molecule has 13 heteroatoms. The molecule has 3 aromatic rings. The molecule has 3 atom stereocenters. The van der Waals surface area contributed by atoms with Gasteiger partial charge in [-0.15, -0.1) is 0 Å². The topological polar surface area (TPSA) is 143 Å². The number of hydrogen-bond acceptors (Lipinski definition) is 4. The number of carbonyl (C=O) groups excluding carboxylic acids is 3. The van der Waals surface area contributed by atoms with Crippen molar-refractivity contribution < 1.29 is 37.5 Å². The Balaban J connectivity index is 1.36. The molecule has 4 N–H and O–H groups in total. The zero-order chi connectivity index (χ0) is 29.5. The van der Waals surface area contributed by atoms with Gasteiger partial charge in [0.1, 0.15) is 17.8 Å². The number of anilines is 1. The number of para-hydroxylation sites is 1. The van der Waals surface area contributed by atoms with Gasteiger partial charge in [-0.05, 0) is 56.0 Å². The number of likely N-dealkylation sites (N-methyl/N-ethyl adjacent to an activating group) is 1. The molecule has 0 bridgehead atoms. The van der Waals surface area contributed by atoms with Gasteiger partial charge in [-0.25, -0.2) is 0 Å². The summed E-state index contributed by atoms with van der Waals surface area (Å²) in [4.78, 5) is 64.4. The van der Waals surface area contributed by atoms with Crippen LogP contribution in [0.2, 0.25) is 0 Å².